The van der Waals surface area contributed by atoms with Crippen molar-refractivity contribution in [3.8, 4) is 0 Å². The highest BCUT2D eigenvalue weighted by atomic mass is 16.4. The monoisotopic (exact) mass is 251 g/mol. The van der Waals surface area contributed by atoms with Crippen molar-refractivity contribution in [3.63, 3.8) is 0 Å². The van der Waals surface area contributed by atoms with Crippen LogP contribution < -0.4 is 5.32 Å². The quantitative estimate of drug-likeness (QED) is 0.736. The van der Waals surface area contributed by atoms with Crippen molar-refractivity contribution in [2.75, 3.05) is 0 Å². The number of amides is 1. The van der Waals surface area contributed by atoms with Gasteiger partial charge in [0.05, 0.1) is 0 Å². The van der Waals surface area contributed by atoms with Gasteiger partial charge in [-0.1, -0.05) is 11.6 Å². The fourth-order valence-corrected chi connectivity index (χ4v) is 2.60. The molecule has 0 radical (unpaired) electrons. The summed E-state index contributed by atoms with van der Waals surface area (Å²) in [7, 11) is 0. The summed E-state index contributed by atoms with van der Waals surface area (Å²) in [5.41, 5.74) is 0.0778. The Morgan fingerprint density at radius 1 is 1.44 bits per heavy atom. The van der Waals surface area contributed by atoms with Crippen molar-refractivity contribution in [1.29, 1.82) is 0 Å². The Hall–Kier alpha value is -1.32. The molecular formula is C14H21NO3. The minimum atomic E-state index is -1.08. The van der Waals surface area contributed by atoms with Crippen LogP contribution in [0.5, 0.6) is 0 Å². The molecule has 0 aromatic heterocycles. The Labute approximate surface area is 107 Å². The van der Waals surface area contributed by atoms with E-state index in [1.54, 1.807) is 6.92 Å². The first-order chi connectivity index (χ1) is 8.52. The lowest BCUT2D eigenvalue weighted by molar-refractivity contribution is -0.147. The van der Waals surface area contributed by atoms with Crippen LogP contribution in [-0.2, 0) is 9.59 Å². The molecule has 0 saturated heterocycles. The zero-order chi connectivity index (χ0) is 13.2. The van der Waals surface area contributed by atoms with Crippen LogP contribution in [-0.4, -0.2) is 22.5 Å². The molecule has 1 saturated carbocycles. The molecule has 1 fully saturated rings. The molecule has 2 rings (SSSR count). The molecule has 1 amide bonds. The average molecular weight is 251 g/mol. The summed E-state index contributed by atoms with van der Waals surface area (Å²) in [4.78, 5) is 23.2. The standard InChI is InChI=1S/C14H21NO3/c1-14(13(17)18,11-7-8-11)15-12(16)9-10-5-3-2-4-6-10/h5,11H,2-4,6-9H2,1H3,(H,15,16)(H,17,18)/t14-/m0/s1. The third-order valence-electron chi connectivity index (χ3n) is 4.01. The number of carboxylic acids is 1. The van der Waals surface area contributed by atoms with Crippen LogP contribution in [0.1, 0.15) is 51.9 Å². The molecule has 0 aromatic carbocycles. The van der Waals surface area contributed by atoms with Crippen LogP contribution in [0.3, 0.4) is 0 Å². The van der Waals surface area contributed by atoms with Crippen molar-refractivity contribution < 1.29 is 14.7 Å². The molecular weight excluding hydrogens is 230 g/mol. The van der Waals surface area contributed by atoms with Crippen LogP contribution in [0, 0.1) is 5.92 Å². The molecule has 0 aromatic rings. The topological polar surface area (TPSA) is 66.4 Å². The van der Waals surface area contributed by atoms with Crippen LogP contribution in [0.25, 0.3) is 0 Å². The van der Waals surface area contributed by atoms with Gasteiger partial charge in [-0.25, -0.2) is 4.79 Å². The number of hydrogen-bond acceptors (Lipinski definition) is 2. The van der Waals surface area contributed by atoms with Gasteiger partial charge in [-0.05, 0) is 51.4 Å². The Morgan fingerprint density at radius 2 is 2.17 bits per heavy atom. The lowest BCUT2D eigenvalue weighted by atomic mass is 9.93. The van der Waals surface area contributed by atoms with Crippen molar-refractivity contribution in [3.05, 3.63) is 11.6 Å². The maximum atomic E-state index is 11.9. The predicted octanol–water partition coefficient (Wildman–Crippen LogP) is 2.25. The van der Waals surface area contributed by atoms with E-state index in [0.29, 0.717) is 6.42 Å². The minimum absolute atomic E-state index is 0.0966. The van der Waals surface area contributed by atoms with E-state index in [4.69, 9.17) is 0 Å². The molecule has 0 heterocycles. The van der Waals surface area contributed by atoms with E-state index in [9.17, 15) is 14.7 Å². The van der Waals surface area contributed by atoms with Gasteiger partial charge >= 0.3 is 5.97 Å². The average Bonchev–Trinajstić information content (AvgIpc) is 3.13. The molecule has 2 aliphatic rings. The number of carboxylic acid groups (broad SMARTS) is 1. The van der Waals surface area contributed by atoms with E-state index in [1.165, 1.54) is 6.42 Å². The van der Waals surface area contributed by atoms with Crippen molar-refractivity contribution in [1.82, 2.24) is 5.32 Å². The van der Waals surface area contributed by atoms with E-state index in [-0.39, 0.29) is 11.8 Å². The highest BCUT2D eigenvalue weighted by Crippen LogP contribution is 2.39. The number of carbonyl (C=O) groups is 2. The minimum Gasteiger partial charge on any atom is -0.480 e. The van der Waals surface area contributed by atoms with Gasteiger partial charge in [0.1, 0.15) is 5.54 Å². The second-order valence-electron chi connectivity index (χ2n) is 5.61. The SMILES string of the molecule is C[C@@](NC(=O)CC1=CCCCC1)(C(=O)O)C1CC1. The van der Waals surface area contributed by atoms with Crippen LogP contribution in [0.4, 0.5) is 0 Å². The maximum Gasteiger partial charge on any atom is 0.329 e. The first-order valence-corrected chi connectivity index (χ1v) is 6.74. The largest absolute Gasteiger partial charge is 0.480 e. The Bertz CT molecular complexity index is 385. The third-order valence-corrected chi connectivity index (χ3v) is 4.01. The Balaban J connectivity index is 1.93. The lowest BCUT2D eigenvalue weighted by Gasteiger charge is -2.26. The van der Waals surface area contributed by atoms with Gasteiger partial charge < -0.3 is 10.4 Å². The van der Waals surface area contributed by atoms with Gasteiger partial charge in [-0.15, -0.1) is 0 Å². The molecule has 0 aliphatic heterocycles. The smallest absolute Gasteiger partial charge is 0.329 e. The van der Waals surface area contributed by atoms with Crippen molar-refractivity contribution >= 4 is 11.9 Å². The maximum absolute atomic E-state index is 11.9. The van der Waals surface area contributed by atoms with Gasteiger partial charge in [-0.2, -0.15) is 0 Å². The predicted molar refractivity (Wildman–Crippen MR) is 68.1 cm³/mol. The highest BCUT2D eigenvalue weighted by molar-refractivity contribution is 5.88. The first-order valence-electron chi connectivity index (χ1n) is 6.74. The number of hydrogen-bond donors (Lipinski definition) is 2. The molecule has 0 unspecified atom stereocenters. The molecule has 2 N–H and O–H groups in total. The van der Waals surface area contributed by atoms with Gasteiger partial charge in [0, 0.05) is 6.42 Å². The normalized spacial score (nSPS) is 22.8. The fourth-order valence-electron chi connectivity index (χ4n) is 2.60. The molecule has 4 nitrogen and oxygen atoms in total. The number of allylic oxidation sites excluding steroid dienone is 1. The van der Waals surface area contributed by atoms with Crippen molar-refractivity contribution in [2.24, 2.45) is 5.92 Å². The Kier molecular flexibility index (Phi) is 3.73. The molecule has 0 bridgehead atoms. The van der Waals surface area contributed by atoms with Gasteiger partial charge in [-0.3, -0.25) is 4.79 Å². The van der Waals surface area contributed by atoms with E-state index in [2.05, 4.69) is 11.4 Å². The highest BCUT2D eigenvalue weighted by Gasteiger charge is 2.48. The molecule has 1 atom stereocenters. The molecule has 2 aliphatic carbocycles. The van der Waals surface area contributed by atoms with Gasteiger partial charge in [0.2, 0.25) is 5.91 Å². The lowest BCUT2D eigenvalue weighted by Crippen LogP contribution is -2.54. The third kappa shape index (κ3) is 2.92. The summed E-state index contributed by atoms with van der Waals surface area (Å²) in [6, 6.07) is 0. The number of rotatable bonds is 5. The zero-order valence-electron chi connectivity index (χ0n) is 10.9. The number of aliphatic carboxylic acids is 1. The first kappa shape index (κ1) is 13.1. The molecule has 4 heteroatoms. The summed E-state index contributed by atoms with van der Waals surface area (Å²) >= 11 is 0. The molecule has 0 spiro atoms. The second kappa shape index (κ2) is 5.12. The van der Waals surface area contributed by atoms with E-state index >= 15 is 0 Å². The molecule has 100 valence electrons. The molecule has 18 heavy (non-hydrogen) atoms. The van der Waals surface area contributed by atoms with Gasteiger partial charge in [0.15, 0.2) is 0 Å². The summed E-state index contributed by atoms with van der Waals surface area (Å²) in [5, 5.41) is 12.0. The summed E-state index contributed by atoms with van der Waals surface area (Å²) in [6.07, 6.45) is 8.62. The Morgan fingerprint density at radius 3 is 2.67 bits per heavy atom. The fraction of sp³-hybridized carbons (Fsp3) is 0.714. The number of nitrogens with one attached hydrogen (secondary N) is 1. The van der Waals surface area contributed by atoms with E-state index in [0.717, 1.165) is 37.7 Å². The second-order valence-corrected chi connectivity index (χ2v) is 5.61. The van der Waals surface area contributed by atoms with E-state index in [1.807, 2.05) is 0 Å². The summed E-state index contributed by atoms with van der Waals surface area (Å²) < 4.78 is 0. The van der Waals surface area contributed by atoms with Gasteiger partial charge in [0.25, 0.3) is 0 Å². The van der Waals surface area contributed by atoms with Crippen LogP contribution >= 0.6 is 0 Å². The van der Waals surface area contributed by atoms with Crippen LogP contribution in [0.15, 0.2) is 11.6 Å². The van der Waals surface area contributed by atoms with Crippen LogP contribution in [0.2, 0.25) is 0 Å². The summed E-state index contributed by atoms with van der Waals surface area (Å²) in [6.45, 7) is 1.63. The summed E-state index contributed by atoms with van der Waals surface area (Å²) in [5.74, 6) is -0.977. The van der Waals surface area contributed by atoms with Crippen molar-refractivity contribution in [2.45, 2.75) is 57.4 Å². The van der Waals surface area contributed by atoms with E-state index < -0.39 is 11.5 Å². The zero-order valence-corrected chi connectivity index (χ0v) is 10.9. The number of carbonyl (C=O) groups excluding carboxylic acids is 1.